The molecule has 0 saturated carbocycles. The van der Waals surface area contributed by atoms with Crippen LogP contribution in [0.4, 0.5) is 0 Å². The van der Waals surface area contributed by atoms with Gasteiger partial charge in [-0.15, -0.1) is 5.10 Å². The molecule has 5 nitrogen and oxygen atoms in total. The van der Waals surface area contributed by atoms with Gasteiger partial charge in [-0.1, -0.05) is 12.1 Å². The molecule has 2 atom stereocenters. The van der Waals surface area contributed by atoms with E-state index in [-0.39, 0.29) is 0 Å². The van der Waals surface area contributed by atoms with Gasteiger partial charge in [-0.05, 0) is 26.8 Å². The highest BCUT2D eigenvalue weighted by Crippen LogP contribution is 2.34. The molecule has 2 heterocycles. The predicted octanol–water partition coefficient (Wildman–Crippen LogP) is 0.600. The minimum Gasteiger partial charge on any atom is -0.382 e. The summed E-state index contributed by atoms with van der Waals surface area (Å²) in [7, 11) is 2.04. The first-order valence-electron chi connectivity index (χ1n) is 5.88. The molecule has 1 saturated heterocycles. The number of nitrogens with zero attached hydrogens (tertiary/aromatic N) is 4. The van der Waals surface area contributed by atoms with Gasteiger partial charge in [-0.2, -0.15) is 0 Å². The Labute approximate surface area is 96.1 Å². The fourth-order valence-corrected chi connectivity index (χ4v) is 2.46. The van der Waals surface area contributed by atoms with Gasteiger partial charge in [0.1, 0.15) is 5.60 Å². The Bertz CT molecular complexity index is 353. The summed E-state index contributed by atoms with van der Waals surface area (Å²) >= 11 is 0. The Balaban J connectivity index is 2.26. The normalized spacial score (nSPS) is 31.1. The number of rotatable bonds is 3. The van der Waals surface area contributed by atoms with E-state index in [1.165, 1.54) is 0 Å². The molecule has 0 aliphatic carbocycles. The van der Waals surface area contributed by atoms with Gasteiger partial charge in [0.15, 0.2) is 0 Å². The monoisotopic (exact) mass is 224 g/mol. The Morgan fingerprint density at radius 3 is 2.94 bits per heavy atom. The summed E-state index contributed by atoms with van der Waals surface area (Å²) in [5.74, 6) is 0. The third-order valence-corrected chi connectivity index (χ3v) is 3.43. The highest BCUT2D eigenvalue weighted by atomic mass is 16.3. The molecule has 1 aromatic rings. The van der Waals surface area contributed by atoms with Gasteiger partial charge >= 0.3 is 0 Å². The second-order valence-electron chi connectivity index (χ2n) is 4.84. The van der Waals surface area contributed by atoms with Gasteiger partial charge in [0.25, 0.3) is 0 Å². The number of aliphatic hydroxyl groups is 1. The minimum atomic E-state index is -0.785. The quantitative estimate of drug-likeness (QED) is 0.817. The average Bonchev–Trinajstić information content (AvgIpc) is 2.75. The molecule has 16 heavy (non-hydrogen) atoms. The maximum Gasteiger partial charge on any atom is 0.122 e. The molecule has 2 rings (SSSR count). The number of likely N-dealkylation sites (tertiary alicyclic amines) is 1. The summed E-state index contributed by atoms with van der Waals surface area (Å²) in [6.45, 7) is 5.70. The molecular formula is C11H20N4O. The van der Waals surface area contributed by atoms with Crippen LogP contribution in [0.25, 0.3) is 0 Å². The van der Waals surface area contributed by atoms with E-state index < -0.39 is 5.60 Å². The van der Waals surface area contributed by atoms with E-state index in [4.69, 9.17) is 0 Å². The van der Waals surface area contributed by atoms with E-state index in [1.54, 1.807) is 6.20 Å². The van der Waals surface area contributed by atoms with Gasteiger partial charge in [0.2, 0.25) is 0 Å². The molecule has 0 bridgehead atoms. The van der Waals surface area contributed by atoms with Crippen LogP contribution in [-0.4, -0.2) is 44.6 Å². The van der Waals surface area contributed by atoms with Crippen LogP contribution in [0.3, 0.4) is 0 Å². The van der Waals surface area contributed by atoms with Gasteiger partial charge in [0, 0.05) is 19.1 Å². The molecule has 1 aliphatic rings. The van der Waals surface area contributed by atoms with Crippen LogP contribution in [0.15, 0.2) is 6.20 Å². The van der Waals surface area contributed by atoms with Crippen LogP contribution in [-0.2, 0) is 12.1 Å². The lowest BCUT2D eigenvalue weighted by molar-refractivity contribution is 0.0391. The van der Waals surface area contributed by atoms with Crippen LogP contribution >= 0.6 is 0 Å². The third kappa shape index (κ3) is 1.85. The van der Waals surface area contributed by atoms with Crippen molar-refractivity contribution in [1.29, 1.82) is 0 Å². The van der Waals surface area contributed by atoms with Gasteiger partial charge < -0.3 is 10.0 Å². The molecule has 1 aromatic heterocycles. The maximum atomic E-state index is 10.7. The minimum absolute atomic E-state index is 0.398. The van der Waals surface area contributed by atoms with E-state index in [0.29, 0.717) is 12.6 Å². The van der Waals surface area contributed by atoms with E-state index in [0.717, 1.165) is 25.1 Å². The number of aromatic nitrogens is 3. The molecular weight excluding hydrogens is 204 g/mol. The van der Waals surface area contributed by atoms with Crippen molar-refractivity contribution in [3.63, 3.8) is 0 Å². The highest BCUT2D eigenvalue weighted by molar-refractivity contribution is 5.13. The third-order valence-electron chi connectivity index (χ3n) is 3.43. The second kappa shape index (κ2) is 4.14. The molecule has 0 aromatic carbocycles. The fourth-order valence-electron chi connectivity index (χ4n) is 2.46. The van der Waals surface area contributed by atoms with Crippen LogP contribution in [0.2, 0.25) is 0 Å². The molecule has 0 spiro atoms. The Hall–Kier alpha value is -0.940. The van der Waals surface area contributed by atoms with E-state index >= 15 is 0 Å². The van der Waals surface area contributed by atoms with E-state index in [9.17, 15) is 5.11 Å². The number of hydrogen-bond acceptors (Lipinski definition) is 4. The van der Waals surface area contributed by atoms with E-state index in [1.807, 2.05) is 11.7 Å². The lowest BCUT2D eigenvalue weighted by atomic mass is 9.97. The van der Waals surface area contributed by atoms with Crippen LogP contribution in [0.5, 0.6) is 0 Å². The summed E-state index contributed by atoms with van der Waals surface area (Å²) in [4.78, 5) is 2.17. The first-order chi connectivity index (χ1) is 7.57. The first-order valence-corrected chi connectivity index (χ1v) is 5.88. The summed E-state index contributed by atoms with van der Waals surface area (Å²) < 4.78 is 1.83. The Morgan fingerprint density at radius 2 is 2.38 bits per heavy atom. The Kier molecular flexibility index (Phi) is 2.99. The van der Waals surface area contributed by atoms with Crippen molar-refractivity contribution in [2.75, 3.05) is 13.6 Å². The van der Waals surface area contributed by atoms with Crippen molar-refractivity contribution in [2.45, 2.75) is 44.9 Å². The number of hydrogen-bond donors (Lipinski definition) is 1. The zero-order chi connectivity index (χ0) is 11.8. The van der Waals surface area contributed by atoms with Crippen molar-refractivity contribution >= 4 is 0 Å². The van der Waals surface area contributed by atoms with Crippen molar-refractivity contribution in [3.8, 4) is 0 Å². The molecule has 0 amide bonds. The predicted molar refractivity (Wildman–Crippen MR) is 60.9 cm³/mol. The van der Waals surface area contributed by atoms with E-state index in [2.05, 4.69) is 29.1 Å². The smallest absolute Gasteiger partial charge is 0.122 e. The first kappa shape index (κ1) is 11.5. The number of likely N-dealkylation sites (N-methyl/N-ethyl adjacent to an activating group) is 1. The molecule has 2 unspecified atom stereocenters. The highest BCUT2D eigenvalue weighted by Gasteiger charge is 2.42. The van der Waals surface area contributed by atoms with Gasteiger partial charge in [-0.3, -0.25) is 0 Å². The van der Waals surface area contributed by atoms with Crippen molar-refractivity contribution < 1.29 is 5.11 Å². The topological polar surface area (TPSA) is 54.2 Å². The lowest BCUT2D eigenvalue weighted by Gasteiger charge is -2.22. The molecule has 1 fully saturated rings. The standard InChI is InChI=1S/C11H20N4O/c1-4-5-15-10(7-12-13-15)11(16)6-9(2)14(3)8-11/h7,9,16H,4-6,8H2,1-3H3. The molecule has 0 radical (unpaired) electrons. The summed E-state index contributed by atoms with van der Waals surface area (Å²) in [5, 5.41) is 18.6. The largest absolute Gasteiger partial charge is 0.382 e. The van der Waals surface area contributed by atoms with Crippen LogP contribution in [0.1, 0.15) is 32.4 Å². The zero-order valence-electron chi connectivity index (χ0n) is 10.2. The van der Waals surface area contributed by atoms with Gasteiger partial charge in [0.05, 0.1) is 11.9 Å². The average molecular weight is 224 g/mol. The molecule has 5 heteroatoms. The molecule has 90 valence electrons. The zero-order valence-corrected chi connectivity index (χ0v) is 10.2. The fraction of sp³-hybridized carbons (Fsp3) is 0.818. The number of β-amino-alcohol motifs (C(OH)–C–C–N with tert-alkyl or cyclic N) is 1. The summed E-state index contributed by atoms with van der Waals surface area (Å²) in [5.41, 5.74) is 0.0675. The molecule has 1 aliphatic heterocycles. The second-order valence-corrected chi connectivity index (χ2v) is 4.84. The van der Waals surface area contributed by atoms with Crippen LogP contribution in [0, 0.1) is 0 Å². The van der Waals surface area contributed by atoms with Crippen molar-refractivity contribution in [2.24, 2.45) is 0 Å². The van der Waals surface area contributed by atoms with Gasteiger partial charge in [-0.25, -0.2) is 4.68 Å². The maximum absolute atomic E-state index is 10.7. The molecule has 1 N–H and O–H groups in total. The van der Waals surface area contributed by atoms with Crippen LogP contribution < -0.4 is 0 Å². The van der Waals surface area contributed by atoms with Crippen molar-refractivity contribution in [3.05, 3.63) is 11.9 Å². The SMILES string of the molecule is CCCn1nncc1C1(O)CC(C)N(C)C1. The Morgan fingerprint density at radius 1 is 1.62 bits per heavy atom. The summed E-state index contributed by atoms with van der Waals surface area (Å²) in [6, 6.07) is 0.398. The lowest BCUT2D eigenvalue weighted by Crippen LogP contribution is -2.32. The number of aryl methyl sites for hydroxylation is 1. The van der Waals surface area contributed by atoms with Crippen molar-refractivity contribution in [1.82, 2.24) is 19.9 Å². The summed E-state index contributed by atoms with van der Waals surface area (Å²) in [6.07, 6.45) is 3.44.